The van der Waals surface area contributed by atoms with Gasteiger partial charge in [0.25, 0.3) is 0 Å². The highest BCUT2D eigenvalue weighted by Gasteiger charge is 2.02. The van der Waals surface area contributed by atoms with Crippen molar-refractivity contribution in [3.8, 4) is 0 Å². The summed E-state index contributed by atoms with van der Waals surface area (Å²) >= 11 is 11.5. The summed E-state index contributed by atoms with van der Waals surface area (Å²) in [6, 6.07) is 6.35. The van der Waals surface area contributed by atoms with Crippen LogP contribution in [-0.4, -0.2) is 4.98 Å². The number of aromatic nitrogens is 1. The van der Waals surface area contributed by atoms with E-state index in [1.165, 1.54) is 12.1 Å². The second-order valence-corrected chi connectivity index (χ2v) is 4.27. The molecule has 1 N–H and O–H groups in total. The number of pyridine rings is 1. The van der Waals surface area contributed by atoms with Gasteiger partial charge in [-0.15, -0.1) is 0 Å². The fourth-order valence-corrected chi connectivity index (χ4v) is 1.64. The summed E-state index contributed by atoms with van der Waals surface area (Å²) in [6.45, 7) is 0.458. The zero-order valence-corrected chi connectivity index (χ0v) is 10.3. The third kappa shape index (κ3) is 3.08. The Hall–Kier alpha value is -1.32. The zero-order chi connectivity index (χ0) is 12.3. The van der Waals surface area contributed by atoms with E-state index in [1.54, 1.807) is 24.5 Å². The maximum absolute atomic E-state index is 13.2. The molecular formula is C12H9Cl2FN2. The first-order valence-corrected chi connectivity index (χ1v) is 5.70. The van der Waals surface area contributed by atoms with Gasteiger partial charge >= 0.3 is 0 Å². The lowest BCUT2D eigenvalue weighted by Crippen LogP contribution is -2.00. The SMILES string of the molecule is Fc1cc(CNc2cnccc2Cl)ccc1Cl. The van der Waals surface area contributed by atoms with Crippen LogP contribution in [0.1, 0.15) is 5.56 Å². The molecule has 0 spiro atoms. The monoisotopic (exact) mass is 270 g/mol. The average molecular weight is 271 g/mol. The van der Waals surface area contributed by atoms with Gasteiger partial charge in [0.05, 0.1) is 21.9 Å². The molecule has 0 aliphatic carbocycles. The number of rotatable bonds is 3. The van der Waals surface area contributed by atoms with Crippen molar-refractivity contribution in [3.05, 3.63) is 58.1 Å². The van der Waals surface area contributed by atoms with Crippen molar-refractivity contribution in [2.45, 2.75) is 6.54 Å². The largest absolute Gasteiger partial charge is 0.379 e. The van der Waals surface area contributed by atoms with E-state index in [-0.39, 0.29) is 5.02 Å². The smallest absolute Gasteiger partial charge is 0.142 e. The predicted octanol–water partition coefficient (Wildman–Crippen LogP) is 4.14. The highest BCUT2D eigenvalue weighted by molar-refractivity contribution is 6.33. The van der Waals surface area contributed by atoms with Gasteiger partial charge < -0.3 is 5.32 Å². The Balaban J connectivity index is 2.08. The Bertz CT molecular complexity index is 532. The molecule has 2 rings (SSSR count). The molecule has 17 heavy (non-hydrogen) atoms. The quantitative estimate of drug-likeness (QED) is 0.907. The summed E-state index contributed by atoms with van der Waals surface area (Å²) in [5, 5.41) is 3.77. The Morgan fingerprint density at radius 3 is 2.71 bits per heavy atom. The van der Waals surface area contributed by atoms with E-state index in [2.05, 4.69) is 10.3 Å². The van der Waals surface area contributed by atoms with Gasteiger partial charge in [-0.1, -0.05) is 29.3 Å². The molecule has 2 aromatic rings. The Kier molecular flexibility index (Phi) is 3.82. The molecule has 0 amide bonds. The van der Waals surface area contributed by atoms with Gasteiger partial charge in [0.2, 0.25) is 0 Å². The molecule has 1 aromatic heterocycles. The van der Waals surface area contributed by atoms with E-state index < -0.39 is 5.82 Å². The van der Waals surface area contributed by atoms with Crippen LogP contribution in [-0.2, 0) is 6.54 Å². The molecule has 2 nitrogen and oxygen atoms in total. The number of halogens is 3. The van der Waals surface area contributed by atoms with Crippen molar-refractivity contribution < 1.29 is 4.39 Å². The molecule has 1 aromatic carbocycles. The molecule has 0 fully saturated rings. The highest BCUT2D eigenvalue weighted by Crippen LogP contribution is 2.21. The molecule has 0 saturated carbocycles. The second kappa shape index (κ2) is 5.34. The van der Waals surface area contributed by atoms with Crippen LogP contribution in [0, 0.1) is 5.82 Å². The fraction of sp³-hybridized carbons (Fsp3) is 0.0833. The summed E-state index contributed by atoms with van der Waals surface area (Å²) in [5.74, 6) is -0.428. The summed E-state index contributed by atoms with van der Waals surface area (Å²) in [5.41, 5.74) is 1.50. The Morgan fingerprint density at radius 1 is 1.18 bits per heavy atom. The van der Waals surface area contributed by atoms with Crippen molar-refractivity contribution in [2.24, 2.45) is 0 Å². The summed E-state index contributed by atoms with van der Waals surface area (Å²) < 4.78 is 13.2. The minimum absolute atomic E-state index is 0.119. The maximum Gasteiger partial charge on any atom is 0.142 e. The minimum Gasteiger partial charge on any atom is -0.379 e. The van der Waals surface area contributed by atoms with Crippen molar-refractivity contribution >= 4 is 28.9 Å². The fourth-order valence-electron chi connectivity index (χ4n) is 1.35. The lowest BCUT2D eigenvalue weighted by molar-refractivity contribution is 0.626. The van der Waals surface area contributed by atoms with Crippen molar-refractivity contribution in [3.63, 3.8) is 0 Å². The van der Waals surface area contributed by atoms with Crippen LogP contribution < -0.4 is 5.32 Å². The van der Waals surface area contributed by atoms with Crippen LogP contribution in [0.4, 0.5) is 10.1 Å². The number of benzene rings is 1. The Labute approximate surface area is 108 Å². The van der Waals surface area contributed by atoms with Crippen LogP contribution >= 0.6 is 23.2 Å². The zero-order valence-electron chi connectivity index (χ0n) is 8.75. The first-order valence-electron chi connectivity index (χ1n) is 4.94. The first kappa shape index (κ1) is 12.1. The summed E-state index contributed by atoms with van der Waals surface area (Å²) in [7, 11) is 0. The van der Waals surface area contributed by atoms with Gasteiger partial charge in [-0.05, 0) is 23.8 Å². The molecule has 0 aliphatic heterocycles. The molecule has 88 valence electrons. The van der Waals surface area contributed by atoms with Crippen LogP contribution in [0.5, 0.6) is 0 Å². The molecule has 5 heteroatoms. The molecule has 0 aliphatic rings. The van der Waals surface area contributed by atoms with E-state index in [1.807, 2.05) is 0 Å². The van der Waals surface area contributed by atoms with Gasteiger partial charge in [-0.3, -0.25) is 4.98 Å². The molecule has 0 atom stereocenters. The van der Waals surface area contributed by atoms with Crippen molar-refractivity contribution in [1.82, 2.24) is 4.98 Å². The van der Waals surface area contributed by atoms with Crippen LogP contribution in [0.2, 0.25) is 10.0 Å². The van der Waals surface area contributed by atoms with E-state index >= 15 is 0 Å². The van der Waals surface area contributed by atoms with Crippen LogP contribution in [0.15, 0.2) is 36.7 Å². The number of hydrogen-bond acceptors (Lipinski definition) is 2. The molecular weight excluding hydrogens is 262 g/mol. The van der Waals surface area contributed by atoms with E-state index in [0.29, 0.717) is 17.3 Å². The minimum atomic E-state index is -0.428. The topological polar surface area (TPSA) is 24.9 Å². The average Bonchev–Trinajstić information content (AvgIpc) is 2.32. The van der Waals surface area contributed by atoms with Crippen molar-refractivity contribution in [2.75, 3.05) is 5.32 Å². The van der Waals surface area contributed by atoms with Crippen LogP contribution in [0.3, 0.4) is 0 Å². The predicted molar refractivity (Wildman–Crippen MR) is 68.0 cm³/mol. The standard InChI is InChI=1S/C12H9Cl2FN2/c13-9-2-1-8(5-11(9)15)6-17-12-7-16-4-3-10(12)14/h1-5,7,17H,6H2. The molecule has 0 unspecified atom stereocenters. The second-order valence-electron chi connectivity index (χ2n) is 3.46. The third-order valence-corrected chi connectivity index (χ3v) is 2.87. The number of nitrogens with zero attached hydrogens (tertiary/aromatic N) is 1. The van der Waals surface area contributed by atoms with Gasteiger partial charge in [0, 0.05) is 12.7 Å². The van der Waals surface area contributed by atoms with Gasteiger partial charge in [0.15, 0.2) is 0 Å². The summed E-state index contributed by atoms with van der Waals surface area (Å²) in [6.07, 6.45) is 3.23. The van der Waals surface area contributed by atoms with Gasteiger partial charge in [0.1, 0.15) is 5.82 Å². The molecule has 0 radical (unpaired) electrons. The maximum atomic E-state index is 13.2. The normalized spacial score (nSPS) is 10.3. The Morgan fingerprint density at radius 2 is 2.00 bits per heavy atom. The molecule has 0 saturated heterocycles. The molecule has 0 bridgehead atoms. The number of hydrogen-bond donors (Lipinski definition) is 1. The van der Waals surface area contributed by atoms with E-state index in [9.17, 15) is 4.39 Å². The lowest BCUT2D eigenvalue weighted by Gasteiger charge is -2.08. The first-order chi connectivity index (χ1) is 8.16. The number of anilines is 1. The van der Waals surface area contributed by atoms with E-state index in [0.717, 1.165) is 5.56 Å². The third-order valence-electron chi connectivity index (χ3n) is 2.23. The van der Waals surface area contributed by atoms with Gasteiger partial charge in [-0.25, -0.2) is 4.39 Å². The van der Waals surface area contributed by atoms with Gasteiger partial charge in [-0.2, -0.15) is 0 Å². The molecule has 1 heterocycles. The number of nitrogens with one attached hydrogen (secondary N) is 1. The highest BCUT2D eigenvalue weighted by atomic mass is 35.5. The summed E-state index contributed by atoms with van der Waals surface area (Å²) in [4.78, 5) is 3.95. The van der Waals surface area contributed by atoms with Crippen molar-refractivity contribution in [1.29, 1.82) is 0 Å². The lowest BCUT2D eigenvalue weighted by atomic mass is 10.2. The van der Waals surface area contributed by atoms with E-state index in [4.69, 9.17) is 23.2 Å². The van der Waals surface area contributed by atoms with Crippen LogP contribution in [0.25, 0.3) is 0 Å².